The molecule has 0 bridgehead atoms. The lowest BCUT2D eigenvalue weighted by Gasteiger charge is -2.43. The standard InChI is InChI=1S/C29H41ClN4O3/c1-5-29(10-6-22(7-11-29)33-23-8-12-37-13-9-23)34-26-16-21(30)15-24(20(26)4)27(35)31-17-25-18(2)14-19(3)32-28(25)36/h14-16,22-23,33-34H,5-13,17H2,1-4H3,(H,31,35)(H,32,36). The Bertz CT molecular complexity index is 1160. The largest absolute Gasteiger partial charge is 0.381 e. The quantitative estimate of drug-likeness (QED) is 0.380. The van der Waals surface area contributed by atoms with Gasteiger partial charge in [-0.2, -0.15) is 0 Å². The van der Waals surface area contributed by atoms with E-state index >= 15 is 0 Å². The smallest absolute Gasteiger partial charge is 0.253 e. The van der Waals surface area contributed by atoms with Gasteiger partial charge in [-0.05, 0) is 95.0 Å². The predicted molar refractivity (Wildman–Crippen MR) is 150 cm³/mol. The Labute approximate surface area is 225 Å². The number of aryl methyl sites for hydroxylation is 2. The van der Waals surface area contributed by atoms with Crippen molar-refractivity contribution in [1.82, 2.24) is 15.6 Å². The molecule has 4 N–H and O–H groups in total. The zero-order valence-electron chi connectivity index (χ0n) is 22.6. The molecule has 0 radical (unpaired) electrons. The number of carbonyl (C=O) groups is 1. The molecule has 2 aromatic rings. The van der Waals surface area contributed by atoms with Gasteiger partial charge in [-0.1, -0.05) is 18.5 Å². The molecule has 7 nitrogen and oxygen atoms in total. The number of anilines is 1. The van der Waals surface area contributed by atoms with Gasteiger partial charge in [-0.15, -0.1) is 0 Å². The maximum Gasteiger partial charge on any atom is 0.253 e. The monoisotopic (exact) mass is 528 g/mol. The molecule has 4 rings (SSSR count). The Morgan fingerprint density at radius 1 is 1.08 bits per heavy atom. The zero-order valence-corrected chi connectivity index (χ0v) is 23.3. The van der Waals surface area contributed by atoms with Crippen LogP contribution in [0.1, 0.15) is 84.6 Å². The van der Waals surface area contributed by atoms with E-state index in [0.717, 1.165) is 80.7 Å². The number of hydrogen-bond donors (Lipinski definition) is 4. The number of carbonyl (C=O) groups excluding carboxylic acids is 1. The number of aromatic amines is 1. The molecule has 1 aromatic heterocycles. The van der Waals surface area contributed by atoms with E-state index in [9.17, 15) is 9.59 Å². The highest BCUT2D eigenvalue weighted by Crippen LogP contribution is 2.37. The number of amides is 1. The molecule has 1 aromatic carbocycles. The molecule has 1 saturated carbocycles. The molecule has 37 heavy (non-hydrogen) atoms. The van der Waals surface area contributed by atoms with Crippen molar-refractivity contribution in [3.05, 3.63) is 61.5 Å². The summed E-state index contributed by atoms with van der Waals surface area (Å²) in [5.74, 6) is -0.239. The van der Waals surface area contributed by atoms with Crippen molar-refractivity contribution in [2.45, 2.75) is 96.8 Å². The van der Waals surface area contributed by atoms with Crippen molar-refractivity contribution in [2.75, 3.05) is 18.5 Å². The van der Waals surface area contributed by atoms with Crippen molar-refractivity contribution < 1.29 is 9.53 Å². The number of pyridine rings is 1. The molecule has 2 fully saturated rings. The number of halogens is 1. The number of aromatic nitrogens is 1. The Balaban J connectivity index is 1.43. The van der Waals surface area contributed by atoms with Gasteiger partial charge >= 0.3 is 0 Å². The van der Waals surface area contributed by atoms with E-state index in [1.165, 1.54) is 0 Å². The maximum atomic E-state index is 13.2. The minimum absolute atomic E-state index is 0.0245. The van der Waals surface area contributed by atoms with Gasteiger partial charge in [0.2, 0.25) is 0 Å². The summed E-state index contributed by atoms with van der Waals surface area (Å²) in [6.07, 6.45) is 7.56. The topological polar surface area (TPSA) is 95.3 Å². The van der Waals surface area contributed by atoms with Crippen LogP contribution in [0.3, 0.4) is 0 Å². The van der Waals surface area contributed by atoms with Crippen LogP contribution < -0.4 is 21.5 Å². The van der Waals surface area contributed by atoms with Crippen molar-refractivity contribution in [3.63, 3.8) is 0 Å². The molecule has 0 unspecified atom stereocenters. The van der Waals surface area contributed by atoms with Gasteiger partial charge in [-0.25, -0.2) is 0 Å². The second kappa shape index (κ2) is 12.0. The molecule has 2 aliphatic rings. The van der Waals surface area contributed by atoms with E-state index in [-0.39, 0.29) is 23.6 Å². The first kappa shape index (κ1) is 27.7. The maximum absolute atomic E-state index is 13.2. The normalized spacial score (nSPS) is 22.6. The number of H-pyrrole nitrogens is 1. The van der Waals surface area contributed by atoms with E-state index in [1.54, 1.807) is 6.07 Å². The number of benzene rings is 1. The van der Waals surface area contributed by atoms with Gasteiger partial charge in [0.05, 0.1) is 0 Å². The number of hydrogen-bond acceptors (Lipinski definition) is 5. The summed E-state index contributed by atoms with van der Waals surface area (Å²) < 4.78 is 5.50. The molecule has 1 aliphatic heterocycles. The molecule has 0 spiro atoms. The molecule has 0 atom stereocenters. The summed E-state index contributed by atoms with van der Waals surface area (Å²) in [6.45, 7) is 9.79. The van der Waals surface area contributed by atoms with Crippen LogP contribution in [0.15, 0.2) is 23.0 Å². The molecule has 202 valence electrons. The summed E-state index contributed by atoms with van der Waals surface area (Å²) in [5.41, 5.74) is 4.32. The van der Waals surface area contributed by atoms with Crippen molar-refractivity contribution >= 4 is 23.2 Å². The van der Waals surface area contributed by atoms with Gasteiger partial charge in [0.15, 0.2) is 0 Å². The number of nitrogens with one attached hydrogen (secondary N) is 4. The summed E-state index contributed by atoms with van der Waals surface area (Å²) >= 11 is 6.49. The van der Waals surface area contributed by atoms with Crippen molar-refractivity contribution in [3.8, 4) is 0 Å². The minimum atomic E-state index is -0.239. The van der Waals surface area contributed by atoms with Gasteiger partial charge in [0.25, 0.3) is 11.5 Å². The Morgan fingerprint density at radius 3 is 2.41 bits per heavy atom. The average molecular weight is 529 g/mol. The first-order valence-electron chi connectivity index (χ1n) is 13.6. The first-order valence-corrected chi connectivity index (χ1v) is 14.0. The summed E-state index contributed by atoms with van der Waals surface area (Å²) in [6, 6.07) is 6.65. The van der Waals surface area contributed by atoms with E-state index in [2.05, 4.69) is 27.9 Å². The van der Waals surface area contributed by atoms with E-state index in [0.29, 0.717) is 28.2 Å². The van der Waals surface area contributed by atoms with Gasteiger partial charge in [-0.3, -0.25) is 9.59 Å². The molecule has 1 saturated heterocycles. The molecule has 2 heterocycles. The summed E-state index contributed by atoms with van der Waals surface area (Å²) in [4.78, 5) is 28.3. The van der Waals surface area contributed by atoms with Crippen molar-refractivity contribution in [1.29, 1.82) is 0 Å². The lowest BCUT2D eigenvalue weighted by atomic mass is 9.77. The fourth-order valence-corrected chi connectivity index (χ4v) is 6.02. The van der Waals surface area contributed by atoms with Crippen LogP contribution in [-0.4, -0.2) is 41.7 Å². The SMILES string of the molecule is CCC1(Nc2cc(Cl)cc(C(=O)NCc3c(C)cc(C)[nH]c3=O)c2C)CCC(NC2CCOCC2)CC1. The zero-order chi connectivity index (χ0) is 26.6. The van der Waals surface area contributed by atoms with E-state index in [1.807, 2.05) is 32.9 Å². The van der Waals surface area contributed by atoms with E-state index < -0.39 is 0 Å². The summed E-state index contributed by atoms with van der Waals surface area (Å²) in [5, 5.41) is 11.1. The van der Waals surface area contributed by atoms with Gasteiger partial charge < -0.3 is 25.7 Å². The third-order valence-electron chi connectivity index (χ3n) is 8.25. The number of rotatable bonds is 8. The van der Waals surface area contributed by atoms with Gasteiger partial charge in [0.1, 0.15) is 0 Å². The van der Waals surface area contributed by atoms with Crippen LogP contribution in [-0.2, 0) is 11.3 Å². The molecule has 1 aliphatic carbocycles. The lowest BCUT2D eigenvalue weighted by Crippen LogP contribution is -2.49. The minimum Gasteiger partial charge on any atom is -0.381 e. The Kier molecular flexibility index (Phi) is 8.98. The highest BCUT2D eigenvalue weighted by atomic mass is 35.5. The molecular formula is C29H41ClN4O3. The fourth-order valence-electron chi connectivity index (χ4n) is 5.80. The Hall–Kier alpha value is -2.35. The van der Waals surface area contributed by atoms with Crippen LogP contribution in [0.25, 0.3) is 0 Å². The molecular weight excluding hydrogens is 488 g/mol. The predicted octanol–water partition coefficient (Wildman–Crippen LogP) is 5.16. The fraction of sp³-hybridized carbons (Fsp3) is 0.586. The molecule has 1 amide bonds. The van der Waals surface area contributed by atoms with E-state index in [4.69, 9.17) is 16.3 Å². The lowest BCUT2D eigenvalue weighted by molar-refractivity contribution is 0.0719. The highest BCUT2D eigenvalue weighted by molar-refractivity contribution is 6.31. The van der Waals surface area contributed by atoms with Crippen LogP contribution >= 0.6 is 11.6 Å². The third-order valence-corrected chi connectivity index (χ3v) is 8.47. The van der Waals surface area contributed by atoms with Crippen LogP contribution in [0, 0.1) is 20.8 Å². The van der Waals surface area contributed by atoms with Crippen LogP contribution in [0.2, 0.25) is 5.02 Å². The van der Waals surface area contributed by atoms with Crippen LogP contribution in [0.4, 0.5) is 5.69 Å². The highest BCUT2D eigenvalue weighted by Gasteiger charge is 2.35. The van der Waals surface area contributed by atoms with Gasteiger partial charge in [0, 0.05) is 64.9 Å². The number of ether oxygens (including phenoxy) is 1. The summed E-state index contributed by atoms with van der Waals surface area (Å²) in [7, 11) is 0. The second-order valence-corrected chi connectivity index (χ2v) is 11.3. The van der Waals surface area contributed by atoms with Crippen molar-refractivity contribution in [2.24, 2.45) is 0 Å². The van der Waals surface area contributed by atoms with Crippen LogP contribution in [0.5, 0.6) is 0 Å². The first-order chi connectivity index (χ1) is 17.7. The molecule has 8 heteroatoms. The second-order valence-electron chi connectivity index (χ2n) is 10.8. The Morgan fingerprint density at radius 2 is 1.76 bits per heavy atom. The third kappa shape index (κ3) is 6.75. The average Bonchev–Trinajstić information content (AvgIpc) is 2.87.